The number of fused-ring (bicyclic) bond motifs is 2. The van der Waals surface area contributed by atoms with E-state index in [2.05, 4.69) is 33.8 Å². The first-order chi connectivity index (χ1) is 11.7. The van der Waals surface area contributed by atoms with Crippen LogP contribution in [0.25, 0.3) is 0 Å². The lowest BCUT2D eigenvalue weighted by Gasteiger charge is -2.46. The van der Waals surface area contributed by atoms with Crippen LogP contribution < -0.4 is 10.6 Å². The molecule has 1 aliphatic carbocycles. The van der Waals surface area contributed by atoms with E-state index in [-0.39, 0.29) is 6.03 Å². The van der Waals surface area contributed by atoms with Gasteiger partial charge in [0.2, 0.25) is 0 Å². The van der Waals surface area contributed by atoms with E-state index in [1.165, 1.54) is 24.0 Å². The first-order valence-electron chi connectivity index (χ1n) is 9.17. The second kappa shape index (κ2) is 5.88. The molecule has 128 valence electrons. The highest BCUT2D eigenvalue weighted by Gasteiger charge is 2.49. The van der Waals surface area contributed by atoms with Crippen LogP contribution in [0.3, 0.4) is 0 Å². The van der Waals surface area contributed by atoms with E-state index in [9.17, 15) is 4.79 Å². The van der Waals surface area contributed by atoms with Gasteiger partial charge in [0.15, 0.2) is 0 Å². The Hall–Kier alpha value is -1.88. The molecule has 2 N–H and O–H groups in total. The summed E-state index contributed by atoms with van der Waals surface area (Å²) in [5.74, 6) is 0.536. The van der Waals surface area contributed by atoms with Gasteiger partial charge in [0.1, 0.15) is 5.54 Å². The van der Waals surface area contributed by atoms with E-state index in [1.807, 2.05) is 25.0 Å². The van der Waals surface area contributed by atoms with Gasteiger partial charge in [0.25, 0.3) is 0 Å². The monoisotopic (exact) mass is 326 g/mol. The fraction of sp³-hybridized carbons (Fsp3) is 0.579. The Morgan fingerprint density at radius 3 is 3.04 bits per heavy atom. The predicted molar refractivity (Wildman–Crippen MR) is 96.1 cm³/mol. The summed E-state index contributed by atoms with van der Waals surface area (Å²) in [6.45, 7) is 6.53. The van der Waals surface area contributed by atoms with Gasteiger partial charge >= 0.3 is 6.03 Å². The summed E-state index contributed by atoms with van der Waals surface area (Å²) in [5.41, 5.74) is 3.16. The molecule has 1 aromatic rings. The van der Waals surface area contributed by atoms with E-state index in [0.29, 0.717) is 25.0 Å². The molecule has 0 radical (unpaired) electrons. The molecule has 0 bridgehead atoms. The zero-order valence-corrected chi connectivity index (χ0v) is 14.5. The molecule has 24 heavy (non-hydrogen) atoms. The molecular formula is C19H26N4O. The number of hydrogen-bond donors (Lipinski definition) is 2. The highest BCUT2D eigenvalue weighted by atomic mass is 16.2. The first-order valence-corrected chi connectivity index (χ1v) is 9.17. The lowest BCUT2D eigenvalue weighted by Crippen LogP contribution is -2.58. The number of piperidine rings is 1. The number of nitrogens with one attached hydrogen (secondary N) is 2. The Bertz CT molecular complexity index is 682. The lowest BCUT2D eigenvalue weighted by atomic mass is 9.67. The summed E-state index contributed by atoms with van der Waals surface area (Å²) < 4.78 is 0. The molecule has 3 atom stereocenters. The molecule has 2 amide bonds. The van der Waals surface area contributed by atoms with Crippen molar-refractivity contribution in [2.75, 3.05) is 19.6 Å². The number of benzene rings is 1. The summed E-state index contributed by atoms with van der Waals surface area (Å²) in [7, 11) is 0. The van der Waals surface area contributed by atoms with Gasteiger partial charge in [0, 0.05) is 30.9 Å². The zero-order valence-electron chi connectivity index (χ0n) is 14.5. The van der Waals surface area contributed by atoms with E-state index < -0.39 is 5.54 Å². The molecule has 1 unspecified atom stereocenters. The van der Waals surface area contributed by atoms with Gasteiger partial charge in [-0.05, 0) is 57.2 Å². The molecule has 0 spiro atoms. The van der Waals surface area contributed by atoms with Crippen molar-refractivity contribution in [3.8, 4) is 0 Å². The van der Waals surface area contributed by atoms with Crippen LogP contribution in [0, 0.1) is 0 Å². The summed E-state index contributed by atoms with van der Waals surface area (Å²) in [6.07, 6.45) is 5.28. The van der Waals surface area contributed by atoms with Crippen molar-refractivity contribution in [2.24, 2.45) is 4.99 Å². The topological polar surface area (TPSA) is 56.7 Å². The molecular weight excluding hydrogens is 300 g/mol. The molecule has 1 saturated heterocycles. The van der Waals surface area contributed by atoms with Crippen molar-refractivity contribution in [1.29, 1.82) is 0 Å². The molecule has 2 heterocycles. The van der Waals surface area contributed by atoms with Crippen LogP contribution >= 0.6 is 0 Å². The third-order valence-electron chi connectivity index (χ3n) is 5.85. The van der Waals surface area contributed by atoms with Crippen LogP contribution in [0.5, 0.6) is 0 Å². The minimum absolute atomic E-state index is 0.00311. The van der Waals surface area contributed by atoms with E-state index in [0.717, 1.165) is 18.7 Å². The third-order valence-corrected chi connectivity index (χ3v) is 5.85. The quantitative estimate of drug-likeness (QED) is 0.897. The molecule has 3 aliphatic rings. The molecule has 0 saturated carbocycles. The second-order valence-corrected chi connectivity index (χ2v) is 7.09. The van der Waals surface area contributed by atoms with Gasteiger partial charge in [-0.15, -0.1) is 0 Å². The number of urea groups is 1. The zero-order chi connectivity index (χ0) is 16.7. The Kier molecular flexibility index (Phi) is 3.83. The van der Waals surface area contributed by atoms with Gasteiger partial charge in [-0.25, -0.2) is 4.79 Å². The van der Waals surface area contributed by atoms with Crippen LogP contribution in [0.15, 0.2) is 23.2 Å². The number of carbonyl (C=O) groups excluding carboxylic acids is 1. The molecule has 0 aromatic heterocycles. The highest BCUT2D eigenvalue weighted by molar-refractivity contribution is 5.91. The molecule has 1 aromatic carbocycles. The average molecular weight is 326 g/mol. The number of amides is 2. The van der Waals surface area contributed by atoms with Crippen molar-refractivity contribution in [3.05, 3.63) is 29.3 Å². The second-order valence-electron chi connectivity index (χ2n) is 7.09. The van der Waals surface area contributed by atoms with Crippen molar-refractivity contribution in [2.45, 2.75) is 50.6 Å². The maximum atomic E-state index is 12.8. The predicted octanol–water partition coefficient (Wildman–Crippen LogP) is 2.89. The van der Waals surface area contributed by atoms with Crippen LogP contribution in [0.4, 0.5) is 10.5 Å². The largest absolute Gasteiger partial charge is 0.325 e. The van der Waals surface area contributed by atoms with Gasteiger partial charge < -0.3 is 15.5 Å². The third kappa shape index (κ3) is 2.25. The minimum atomic E-state index is -0.461. The molecule has 2 aliphatic heterocycles. The fourth-order valence-corrected chi connectivity index (χ4v) is 4.67. The van der Waals surface area contributed by atoms with Crippen LogP contribution in [-0.4, -0.2) is 42.8 Å². The standard InChI is InChI=1S/C19H26N4O/c1-3-23(4-2)18(24)22-19-11-16-13(8-6-10-20-16)14-7-5-9-15(17(14)19)21-12-19/h5,7,9,12-13,16,20H,3-4,6,8,10-11H2,1-2H3,(H,22,24)/t13-,16-,19?/m1/s1. The minimum Gasteiger partial charge on any atom is -0.325 e. The van der Waals surface area contributed by atoms with Crippen LogP contribution in [-0.2, 0) is 5.54 Å². The van der Waals surface area contributed by atoms with Crippen LogP contribution in [0.2, 0.25) is 0 Å². The van der Waals surface area contributed by atoms with E-state index >= 15 is 0 Å². The summed E-state index contributed by atoms with van der Waals surface area (Å²) in [6, 6.07) is 6.81. The number of nitrogens with zero attached hydrogens (tertiary/aromatic N) is 2. The fourth-order valence-electron chi connectivity index (χ4n) is 4.67. The van der Waals surface area contributed by atoms with Gasteiger partial charge in [-0.3, -0.25) is 4.99 Å². The molecule has 5 heteroatoms. The number of aliphatic imine (C=N–C) groups is 1. The Morgan fingerprint density at radius 1 is 1.42 bits per heavy atom. The van der Waals surface area contributed by atoms with Crippen LogP contribution in [0.1, 0.15) is 50.2 Å². The van der Waals surface area contributed by atoms with Crippen molar-refractivity contribution in [3.63, 3.8) is 0 Å². The molecule has 1 fully saturated rings. The number of rotatable bonds is 3. The summed E-state index contributed by atoms with van der Waals surface area (Å²) >= 11 is 0. The van der Waals surface area contributed by atoms with Gasteiger partial charge in [-0.1, -0.05) is 12.1 Å². The highest BCUT2D eigenvalue weighted by Crippen LogP contribution is 2.50. The Labute approximate surface area is 143 Å². The first kappa shape index (κ1) is 15.6. The average Bonchev–Trinajstić information content (AvgIpc) is 2.96. The number of hydrogen-bond acceptors (Lipinski definition) is 3. The lowest BCUT2D eigenvalue weighted by molar-refractivity contribution is 0.186. The van der Waals surface area contributed by atoms with Crippen molar-refractivity contribution >= 4 is 17.9 Å². The van der Waals surface area contributed by atoms with Crippen molar-refractivity contribution in [1.82, 2.24) is 15.5 Å². The van der Waals surface area contributed by atoms with Gasteiger partial charge in [-0.2, -0.15) is 0 Å². The molecule has 5 nitrogen and oxygen atoms in total. The van der Waals surface area contributed by atoms with E-state index in [1.54, 1.807) is 0 Å². The Balaban J connectivity index is 1.75. The maximum Gasteiger partial charge on any atom is 0.318 e. The van der Waals surface area contributed by atoms with Gasteiger partial charge in [0.05, 0.1) is 5.69 Å². The Morgan fingerprint density at radius 2 is 2.25 bits per heavy atom. The van der Waals surface area contributed by atoms with E-state index in [4.69, 9.17) is 0 Å². The smallest absolute Gasteiger partial charge is 0.318 e. The summed E-state index contributed by atoms with van der Waals surface area (Å²) in [5, 5.41) is 7.00. The van der Waals surface area contributed by atoms with Crippen molar-refractivity contribution < 1.29 is 4.79 Å². The number of carbonyl (C=O) groups is 1. The normalized spacial score (nSPS) is 29.8. The maximum absolute atomic E-state index is 12.8. The SMILES string of the molecule is CCN(CC)C(=O)NC12C=Nc3cccc(c31)[C@H]1CCCN[C@@H]1C2. The summed E-state index contributed by atoms with van der Waals surface area (Å²) in [4.78, 5) is 19.3. The molecule has 4 rings (SSSR count).